The monoisotopic (exact) mass is 372 g/mol. The van der Waals surface area contributed by atoms with Gasteiger partial charge in [-0.2, -0.15) is 0 Å². The second-order valence-corrected chi connectivity index (χ2v) is 5.95. The topological polar surface area (TPSA) is 95.1 Å². The Balaban J connectivity index is 1.90. The number of para-hydroxylation sites is 2. The van der Waals surface area contributed by atoms with Crippen molar-refractivity contribution >= 4 is 23.2 Å². The molecule has 1 aliphatic rings. The molecule has 3 rings (SSSR count). The average molecular weight is 372 g/mol. The van der Waals surface area contributed by atoms with Gasteiger partial charge in [-0.3, -0.25) is 9.59 Å². The average Bonchev–Trinajstić information content (AvgIpc) is 2.67. The molecule has 0 saturated carbocycles. The predicted molar refractivity (Wildman–Crippen MR) is 98.8 cm³/mol. The lowest BCUT2D eigenvalue weighted by Gasteiger charge is -2.33. The summed E-state index contributed by atoms with van der Waals surface area (Å²) in [5, 5.41) is 5.36. The van der Waals surface area contributed by atoms with Crippen LogP contribution >= 0.6 is 0 Å². The molecule has 27 heavy (non-hydrogen) atoms. The molecular formula is C19H20N2O6. The quantitative estimate of drug-likeness (QED) is 0.783. The van der Waals surface area contributed by atoms with Gasteiger partial charge in [0.2, 0.25) is 5.75 Å². The number of nitrogens with one attached hydrogen (secondary N) is 2. The number of hydrogen-bond acceptors (Lipinski definition) is 6. The Morgan fingerprint density at radius 3 is 2.30 bits per heavy atom. The summed E-state index contributed by atoms with van der Waals surface area (Å²) in [6.45, 7) is 1.41. The fraction of sp³-hybridized carbons (Fsp3) is 0.263. The van der Waals surface area contributed by atoms with Gasteiger partial charge < -0.3 is 29.6 Å². The van der Waals surface area contributed by atoms with E-state index < -0.39 is 17.4 Å². The SMILES string of the molecule is COc1cc(NC(=O)C2(C)Oc3ccccc3NC2=O)cc(OC)c1OC. The number of hydrogen-bond donors (Lipinski definition) is 2. The number of rotatable bonds is 5. The third kappa shape index (κ3) is 3.21. The molecule has 2 aromatic rings. The van der Waals surface area contributed by atoms with Crippen LogP contribution in [0.5, 0.6) is 23.0 Å². The third-order valence-corrected chi connectivity index (χ3v) is 4.24. The highest BCUT2D eigenvalue weighted by atomic mass is 16.5. The fourth-order valence-corrected chi connectivity index (χ4v) is 2.72. The van der Waals surface area contributed by atoms with E-state index in [0.717, 1.165) is 0 Å². The van der Waals surface area contributed by atoms with Gasteiger partial charge in [-0.05, 0) is 19.1 Å². The van der Waals surface area contributed by atoms with E-state index in [1.165, 1.54) is 28.3 Å². The van der Waals surface area contributed by atoms with Crippen molar-refractivity contribution in [3.8, 4) is 23.0 Å². The number of carbonyl (C=O) groups excluding carboxylic acids is 2. The molecule has 142 valence electrons. The van der Waals surface area contributed by atoms with Crippen molar-refractivity contribution in [2.45, 2.75) is 12.5 Å². The molecule has 1 atom stereocenters. The van der Waals surface area contributed by atoms with Gasteiger partial charge in [0.05, 0.1) is 27.0 Å². The van der Waals surface area contributed by atoms with E-state index in [2.05, 4.69) is 10.6 Å². The van der Waals surface area contributed by atoms with Gasteiger partial charge in [0.25, 0.3) is 17.4 Å². The molecule has 2 aromatic carbocycles. The molecule has 1 heterocycles. The number of methoxy groups -OCH3 is 3. The van der Waals surface area contributed by atoms with Gasteiger partial charge in [-0.25, -0.2) is 0 Å². The van der Waals surface area contributed by atoms with Crippen molar-refractivity contribution in [2.24, 2.45) is 0 Å². The highest BCUT2D eigenvalue weighted by Gasteiger charge is 2.47. The number of ether oxygens (including phenoxy) is 4. The van der Waals surface area contributed by atoms with Gasteiger partial charge in [-0.1, -0.05) is 12.1 Å². The molecule has 0 aliphatic carbocycles. The van der Waals surface area contributed by atoms with E-state index in [0.29, 0.717) is 34.4 Å². The van der Waals surface area contributed by atoms with Crippen LogP contribution in [0.4, 0.5) is 11.4 Å². The Kier molecular flexibility index (Phi) is 4.81. The van der Waals surface area contributed by atoms with Crippen LogP contribution in [-0.4, -0.2) is 38.7 Å². The zero-order chi connectivity index (χ0) is 19.6. The first kappa shape index (κ1) is 18.4. The maximum atomic E-state index is 12.9. The first-order chi connectivity index (χ1) is 12.9. The van der Waals surface area contributed by atoms with Crippen LogP contribution in [0.1, 0.15) is 6.92 Å². The van der Waals surface area contributed by atoms with Crippen LogP contribution in [0.25, 0.3) is 0 Å². The molecule has 0 radical (unpaired) electrons. The molecule has 1 aliphatic heterocycles. The van der Waals surface area contributed by atoms with E-state index in [1.54, 1.807) is 36.4 Å². The summed E-state index contributed by atoms with van der Waals surface area (Å²) in [6.07, 6.45) is 0. The summed E-state index contributed by atoms with van der Waals surface area (Å²) in [4.78, 5) is 25.3. The Hall–Kier alpha value is -3.42. The van der Waals surface area contributed by atoms with Crippen molar-refractivity contribution in [2.75, 3.05) is 32.0 Å². The zero-order valence-corrected chi connectivity index (χ0v) is 15.4. The Labute approximate surface area is 156 Å². The Morgan fingerprint density at radius 1 is 1.07 bits per heavy atom. The normalized spacial score (nSPS) is 17.9. The van der Waals surface area contributed by atoms with Gasteiger partial charge in [-0.15, -0.1) is 0 Å². The number of anilines is 2. The predicted octanol–water partition coefficient (Wildman–Crippen LogP) is 2.44. The van der Waals surface area contributed by atoms with Crippen LogP contribution in [0.3, 0.4) is 0 Å². The van der Waals surface area contributed by atoms with Gasteiger partial charge >= 0.3 is 0 Å². The first-order valence-electron chi connectivity index (χ1n) is 8.14. The van der Waals surface area contributed by atoms with Crippen molar-refractivity contribution in [3.05, 3.63) is 36.4 Å². The number of amides is 2. The summed E-state index contributed by atoms with van der Waals surface area (Å²) in [5.41, 5.74) is -0.860. The standard InChI is InChI=1S/C19H20N2O6/c1-19(18(23)21-12-7-5-6-8-13(12)27-19)17(22)20-11-9-14(24-2)16(26-4)15(10-11)25-3/h5-10H,1-4H3,(H,20,22)(H,21,23). The molecule has 0 saturated heterocycles. The van der Waals surface area contributed by atoms with E-state index in [9.17, 15) is 9.59 Å². The maximum Gasteiger partial charge on any atom is 0.278 e. The van der Waals surface area contributed by atoms with E-state index in [-0.39, 0.29) is 0 Å². The van der Waals surface area contributed by atoms with Crippen LogP contribution in [0.2, 0.25) is 0 Å². The largest absolute Gasteiger partial charge is 0.493 e. The van der Waals surface area contributed by atoms with Gasteiger partial charge in [0.1, 0.15) is 5.75 Å². The van der Waals surface area contributed by atoms with Crippen LogP contribution < -0.4 is 29.6 Å². The summed E-state index contributed by atoms with van der Waals surface area (Å²) >= 11 is 0. The van der Waals surface area contributed by atoms with Gasteiger partial charge in [0.15, 0.2) is 11.5 Å². The molecule has 0 aromatic heterocycles. The molecule has 0 fully saturated rings. The lowest BCUT2D eigenvalue weighted by molar-refractivity contribution is -0.143. The Morgan fingerprint density at radius 2 is 1.70 bits per heavy atom. The fourth-order valence-electron chi connectivity index (χ4n) is 2.72. The summed E-state index contributed by atoms with van der Waals surface area (Å²) in [6, 6.07) is 10.0. The molecule has 2 amide bonds. The van der Waals surface area contributed by atoms with Gasteiger partial charge in [0, 0.05) is 17.8 Å². The van der Waals surface area contributed by atoms with Crippen molar-refractivity contribution < 1.29 is 28.5 Å². The molecular weight excluding hydrogens is 352 g/mol. The lowest BCUT2D eigenvalue weighted by Crippen LogP contribution is -2.56. The third-order valence-electron chi connectivity index (χ3n) is 4.24. The summed E-state index contributed by atoms with van der Waals surface area (Å²) in [7, 11) is 4.43. The second kappa shape index (κ2) is 7.06. The van der Waals surface area contributed by atoms with Crippen LogP contribution in [0.15, 0.2) is 36.4 Å². The maximum absolute atomic E-state index is 12.9. The van der Waals surface area contributed by atoms with Crippen molar-refractivity contribution in [3.63, 3.8) is 0 Å². The van der Waals surface area contributed by atoms with E-state index in [4.69, 9.17) is 18.9 Å². The smallest absolute Gasteiger partial charge is 0.278 e. The minimum atomic E-state index is -1.74. The first-order valence-corrected chi connectivity index (χ1v) is 8.14. The minimum absolute atomic E-state index is 0.367. The number of benzene rings is 2. The van der Waals surface area contributed by atoms with Crippen molar-refractivity contribution in [1.82, 2.24) is 0 Å². The summed E-state index contributed by atoms with van der Waals surface area (Å²) < 4.78 is 21.5. The molecule has 2 N–H and O–H groups in total. The van der Waals surface area contributed by atoms with Crippen LogP contribution in [-0.2, 0) is 9.59 Å². The highest BCUT2D eigenvalue weighted by Crippen LogP contribution is 2.40. The molecule has 8 heteroatoms. The second-order valence-electron chi connectivity index (χ2n) is 5.95. The lowest BCUT2D eigenvalue weighted by atomic mass is 10.0. The molecule has 0 bridgehead atoms. The Bertz CT molecular complexity index is 873. The van der Waals surface area contributed by atoms with E-state index >= 15 is 0 Å². The highest BCUT2D eigenvalue weighted by molar-refractivity contribution is 6.19. The minimum Gasteiger partial charge on any atom is -0.493 e. The summed E-state index contributed by atoms with van der Waals surface area (Å²) in [5.74, 6) is 0.354. The zero-order valence-electron chi connectivity index (χ0n) is 15.4. The molecule has 8 nitrogen and oxygen atoms in total. The molecule has 1 unspecified atom stereocenters. The number of fused-ring (bicyclic) bond motifs is 1. The van der Waals surface area contributed by atoms with Crippen LogP contribution in [0, 0.1) is 0 Å². The number of carbonyl (C=O) groups is 2. The molecule has 0 spiro atoms. The van der Waals surface area contributed by atoms with Crippen molar-refractivity contribution in [1.29, 1.82) is 0 Å². The van der Waals surface area contributed by atoms with E-state index in [1.807, 2.05) is 0 Å².